The number of benzene rings is 1. The Balaban J connectivity index is 3.17. The number of aryl methyl sites for hydroxylation is 1. The molecule has 1 aromatic carbocycles. The zero-order valence-corrected chi connectivity index (χ0v) is 5.39. The summed E-state index contributed by atoms with van der Waals surface area (Å²) in [6, 6.07) is 5.36. The molecule has 0 spiro atoms. The van der Waals surface area contributed by atoms with Gasteiger partial charge in [0.05, 0.1) is 0 Å². The van der Waals surface area contributed by atoms with Gasteiger partial charge in [0.1, 0.15) is 11.4 Å². The van der Waals surface area contributed by atoms with Crippen molar-refractivity contribution < 1.29 is 10.8 Å². The molecule has 0 atom stereocenters. The second-order valence-electron chi connectivity index (χ2n) is 2.12. The van der Waals surface area contributed by atoms with Gasteiger partial charge in [-0.15, -0.1) is 0 Å². The molecule has 1 aromatic rings. The van der Waals surface area contributed by atoms with Crippen molar-refractivity contribution in [1.82, 2.24) is 0 Å². The third-order valence-electron chi connectivity index (χ3n) is 1.27. The van der Waals surface area contributed by atoms with Crippen LogP contribution >= 0.6 is 0 Å². The van der Waals surface area contributed by atoms with Gasteiger partial charge >= 0.3 is 0 Å². The van der Waals surface area contributed by atoms with Crippen LogP contribution in [-0.4, -0.2) is 5.11 Å². The summed E-state index contributed by atoms with van der Waals surface area (Å²) in [5.74, 6) is 0.322. The maximum atomic E-state index is 9.06. The van der Waals surface area contributed by atoms with E-state index in [1.807, 2.05) is 19.1 Å². The van der Waals surface area contributed by atoms with E-state index < -0.39 is 0 Å². The highest BCUT2D eigenvalue weighted by molar-refractivity contribution is 5.41. The lowest BCUT2D eigenvalue weighted by molar-refractivity contribution is -0.254. The minimum absolute atomic E-state index is 0.322. The van der Waals surface area contributed by atoms with Gasteiger partial charge in [-0.3, -0.25) is 0 Å². The summed E-state index contributed by atoms with van der Waals surface area (Å²) >= 11 is 0. The first kappa shape index (κ1) is 6.11. The number of phenols is 1. The number of phenolic OH excluding ortho intramolecular Hbond substituents is 1. The van der Waals surface area contributed by atoms with Gasteiger partial charge in [-0.1, -0.05) is 0 Å². The highest BCUT2D eigenvalue weighted by Crippen LogP contribution is 2.16. The van der Waals surface area contributed by atoms with Crippen molar-refractivity contribution in [1.29, 1.82) is 0 Å². The molecule has 0 unspecified atom stereocenters. The summed E-state index contributed by atoms with van der Waals surface area (Å²) in [5, 5.41) is 9.06. The van der Waals surface area contributed by atoms with Crippen LogP contribution in [0.15, 0.2) is 18.2 Å². The van der Waals surface area contributed by atoms with Crippen LogP contribution in [0.2, 0.25) is 0 Å². The number of quaternary nitrogens is 1. The number of aromatic hydroxyl groups is 1. The molecule has 0 saturated carbocycles. The van der Waals surface area contributed by atoms with E-state index in [0.29, 0.717) is 5.75 Å². The van der Waals surface area contributed by atoms with E-state index in [0.717, 1.165) is 11.3 Å². The molecule has 0 saturated heterocycles. The lowest BCUT2D eigenvalue weighted by atomic mass is 10.2. The summed E-state index contributed by atoms with van der Waals surface area (Å²) in [7, 11) is 0. The fourth-order valence-electron chi connectivity index (χ4n) is 0.655. The third-order valence-corrected chi connectivity index (χ3v) is 1.27. The molecule has 0 amide bonds. The quantitative estimate of drug-likeness (QED) is 0.522. The molecule has 0 radical (unpaired) electrons. The largest absolute Gasteiger partial charge is 0.507 e. The normalized spacial score (nSPS) is 9.56. The van der Waals surface area contributed by atoms with E-state index in [2.05, 4.69) is 5.73 Å². The van der Waals surface area contributed by atoms with Gasteiger partial charge in [0.2, 0.25) is 0 Å². The Hall–Kier alpha value is -1.02. The Kier molecular flexibility index (Phi) is 1.40. The first-order valence-corrected chi connectivity index (χ1v) is 2.82. The molecule has 0 aliphatic rings. The molecule has 2 nitrogen and oxygen atoms in total. The second-order valence-corrected chi connectivity index (χ2v) is 2.12. The van der Waals surface area contributed by atoms with E-state index in [4.69, 9.17) is 5.11 Å². The van der Waals surface area contributed by atoms with Crippen molar-refractivity contribution in [3.8, 4) is 5.75 Å². The Morgan fingerprint density at radius 2 is 2.11 bits per heavy atom. The molecule has 1 rings (SSSR count). The van der Waals surface area contributed by atoms with Crippen molar-refractivity contribution in [2.75, 3.05) is 0 Å². The van der Waals surface area contributed by atoms with Gasteiger partial charge in [-0.05, 0) is 24.6 Å². The van der Waals surface area contributed by atoms with E-state index in [1.165, 1.54) is 0 Å². The molecular formula is C7H10NO+. The Morgan fingerprint density at radius 1 is 1.44 bits per heavy atom. The van der Waals surface area contributed by atoms with Crippen LogP contribution < -0.4 is 5.73 Å². The molecule has 4 N–H and O–H groups in total. The van der Waals surface area contributed by atoms with E-state index in [-0.39, 0.29) is 0 Å². The molecule has 0 bridgehead atoms. The molecule has 48 valence electrons. The first-order chi connectivity index (χ1) is 4.20. The fourth-order valence-corrected chi connectivity index (χ4v) is 0.655. The molecule has 0 aromatic heterocycles. The molecular weight excluding hydrogens is 114 g/mol. The summed E-state index contributed by atoms with van der Waals surface area (Å²) in [6.07, 6.45) is 0. The SMILES string of the molecule is Cc1ccc([NH3+])cc1O. The lowest BCUT2D eigenvalue weighted by Crippen LogP contribution is -2.39. The zero-order valence-electron chi connectivity index (χ0n) is 5.39. The maximum absolute atomic E-state index is 9.06. The molecule has 0 aliphatic heterocycles. The third kappa shape index (κ3) is 1.21. The standard InChI is InChI=1S/C7H9NO/c1-5-2-3-6(8)4-7(5)9/h2-4,9H,8H2,1H3/p+1. The minimum Gasteiger partial charge on any atom is -0.507 e. The fraction of sp³-hybridized carbons (Fsp3) is 0.143. The van der Waals surface area contributed by atoms with Gasteiger partial charge in [0.15, 0.2) is 0 Å². The molecule has 0 aliphatic carbocycles. The zero-order chi connectivity index (χ0) is 6.85. The average Bonchev–Trinajstić information content (AvgIpc) is 1.80. The van der Waals surface area contributed by atoms with Crippen LogP contribution in [0.1, 0.15) is 5.56 Å². The van der Waals surface area contributed by atoms with Crippen molar-refractivity contribution in [2.45, 2.75) is 6.92 Å². The predicted molar refractivity (Wildman–Crippen MR) is 35.4 cm³/mol. The van der Waals surface area contributed by atoms with E-state index in [1.54, 1.807) is 6.07 Å². The average molecular weight is 124 g/mol. The van der Waals surface area contributed by atoms with Crippen LogP contribution in [0.25, 0.3) is 0 Å². The molecule has 0 heterocycles. The Morgan fingerprint density at radius 3 is 2.56 bits per heavy atom. The Labute approximate surface area is 53.9 Å². The second kappa shape index (κ2) is 2.07. The van der Waals surface area contributed by atoms with Gasteiger partial charge in [-0.25, -0.2) is 0 Å². The number of rotatable bonds is 0. The molecule has 0 fully saturated rings. The van der Waals surface area contributed by atoms with Gasteiger partial charge in [0, 0.05) is 6.07 Å². The monoisotopic (exact) mass is 124 g/mol. The summed E-state index contributed by atoms with van der Waals surface area (Å²) in [5.41, 5.74) is 5.40. The summed E-state index contributed by atoms with van der Waals surface area (Å²) in [6.45, 7) is 1.86. The smallest absolute Gasteiger partial charge is 0.131 e. The first-order valence-electron chi connectivity index (χ1n) is 2.82. The highest BCUT2D eigenvalue weighted by Gasteiger charge is 1.94. The van der Waals surface area contributed by atoms with Crippen molar-refractivity contribution in [2.24, 2.45) is 0 Å². The number of hydrogen-bond donors (Lipinski definition) is 2. The Bertz CT molecular complexity index is 220. The minimum atomic E-state index is 0.322. The predicted octanol–water partition coefficient (Wildman–Crippen LogP) is 0.574. The van der Waals surface area contributed by atoms with Gasteiger partial charge in [0.25, 0.3) is 0 Å². The van der Waals surface area contributed by atoms with Gasteiger partial charge in [-0.2, -0.15) is 0 Å². The topological polar surface area (TPSA) is 47.9 Å². The lowest BCUT2D eigenvalue weighted by Gasteiger charge is -1.94. The van der Waals surface area contributed by atoms with Crippen LogP contribution in [0.3, 0.4) is 0 Å². The van der Waals surface area contributed by atoms with E-state index >= 15 is 0 Å². The van der Waals surface area contributed by atoms with Crippen molar-refractivity contribution >= 4 is 5.69 Å². The van der Waals surface area contributed by atoms with Gasteiger partial charge < -0.3 is 10.8 Å². The van der Waals surface area contributed by atoms with Crippen LogP contribution in [-0.2, 0) is 0 Å². The maximum Gasteiger partial charge on any atom is 0.131 e. The van der Waals surface area contributed by atoms with Crippen molar-refractivity contribution in [3.05, 3.63) is 23.8 Å². The highest BCUT2D eigenvalue weighted by atomic mass is 16.3. The molecule has 9 heavy (non-hydrogen) atoms. The van der Waals surface area contributed by atoms with E-state index in [9.17, 15) is 0 Å². The van der Waals surface area contributed by atoms with Crippen LogP contribution in [0.5, 0.6) is 5.75 Å². The molecule has 2 heteroatoms. The van der Waals surface area contributed by atoms with Crippen molar-refractivity contribution in [3.63, 3.8) is 0 Å². The van der Waals surface area contributed by atoms with Crippen LogP contribution in [0, 0.1) is 6.92 Å². The number of hydrogen-bond acceptors (Lipinski definition) is 1. The summed E-state index contributed by atoms with van der Waals surface area (Å²) < 4.78 is 0. The summed E-state index contributed by atoms with van der Waals surface area (Å²) in [4.78, 5) is 0. The van der Waals surface area contributed by atoms with Crippen LogP contribution in [0.4, 0.5) is 5.69 Å².